The zero-order valence-corrected chi connectivity index (χ0v) is 19.7. The summed E-state index contributed by atoms with van der Waals surface area (Å²) in [7, 11) is 0. The van der Waals surface area contributed by atoms with Crippen LogP contribution in [0.25, 0.3) is 22.3 Å². The lowest BCUT2D eigenvalue weighted by Crippen LogP contribution is -2.29. The van der Waals surface area contributed by atoms with Gasteiger partial charge in [0.25, 0.3) is 0 Å². The molecule has 0 bridgehead atoms. The maximum absolute atomic E-state index is 6.13. The summed E-state index contributed by atoms with van der Waals surface area (Å²) in [6.45, 7) is 9.26. The minimum atomic E-state index is 0.207. The second-order valence-electron chi connectivity index (χ2n) is 9.12. The smallest absolute Gasteiger partial charge is 0.231 e. The average Bonchev–Trinajstić information content (AvgIpc) is 3.51. The van der Waals surface area contributed by atoms with Gasteiger partial charge in [-0.25, -0.2) is 15.0 Å². The summed E-state index contributed by atoms with van der Waals surface area (Å²) in [6, 6.07) is 6.05. The normalized spacial score (nSPS) is 13.2. The van der Waals surface area contributed by atoms with Crippen molar-refractivity contribution in [1.82, 2.24) is 29.8 Å². The number of ether oxygens (including phenoxy) is 2. The van der Waals surface area contributed by atoms with Gasteiger partial charge in [-0.1, -0.05) is 32.5 Å². The van der Waals surface area contributed by atoms with Crippen LogP contribution in [0.15, 0.2) is 47.0 Å². The number of hydrogen-bond acceptors (Lipinski definition) is 8. The van der Waals surface area contributed by atoms with Crippen LogP contribution in [0, 0.1) is 5.41 Å². The van der Waals surface area contributed by atoms with Gasteiger partial charge in [-0.15, -0.1) is 0 Å². The second kappa shape index (κ2) is 8.60. The minimum Gasteiger partial charge on any atom is -0.454 e. The van der Waals surface area contributed by atoms with E-state index < -0.39 is 0 Å². The van der Waals surface area contributed by atoms with Crippen molar-refractivity contribution >= 4 is 28.7 Å². The topological polar surface area (TPSA) is 116 Å². The van der Waals surface area contributed by atoms with E-state index in [-0.39, 0.29) is 12.2 Å². The van der Waals surface area contributed by atoms with Crippen LogP contribution in [0.4, 0.5) is 5.82 Å². The Hall–Kier alpha value is -3.24. The zero-order valence-electron chi connectivity index (χ0n) is 18.9. The third-order valence-corrected chi connectivity index (χ3v) is 6.33. The van der Waals surface area contributed by atoms with Gasteiger partial charge in [0, 0.05) is 48.1 Å². The number of hydrogen-bond donors (Lipinski definition) is 3. The quantitative estimate of drug-likeness (QED) is 0.352. The Bertz CT molecular complexity index is 1280. The lowest BCUT2D eigenvalue weighted by atomic mass is 9.97. The van der Waals surface area contributed by atoms with Crippen molar-refractivity contribution in [1.29, 1.82) is 0 Å². The molecule has 172 valence electrons. The number of nitrogen functional groups attached to an aromatic ring is 1. The summed E-state index contributed by atoms with van der Waals surface area (Å²) < 4.78 is 13.4. The van der Waals surface area contributed by atoms with Gasteiger partial charge in [-0.2, -0.15) is 0 Å². The maximum atomic E-state index is 6.13. The number of nitrogens with two attached hydrogens (primary N) is 1. The van der Waals surface area contributed by atoms with Crippen molar-refractivity contribution in [3.05, 3.63) is 36.9 Å². The van der Waals surface area contributed by atoms with E-state index in [1.165, 1.54) is 6.33 Å². The summed E-state index contributed by atoms with van der Waals surface area (Å²) in [4.78, 5) is 17.6. The highest BCUT2D eigenvalue weighted by molar-refractivity contribution is 7.99. The lowest BCUT2D eigenvalue weighted by molar-refractivity contribution is 0.174. The van der Waals surface area contributed by atoms with E-state index in [4.69, 9.17) is 20.2 Å². The Morgan fingerprint density at radius 3 is 2.79 bits per heavy atom. The highest BCUT2D eigenvalue weighted by atomic mass is 32.2. The summed E-state index contributed by atoms with van der Waals surface area (Å²) in [5.41, 5.74) is 9.77. The van der Waals surface area contributed by atoms with Crippen LogP contribution in [-0.4, -0.2) is 44.4 Å². The first-order valence-corrected chi connectivity index (χ1v) is 11.6. The van der Waals surface area contributed by atoms with Crippen molar-refractivity contribution in [2.75, 3.05) is 25.6 Å². The summed E-state index contributed by atoms with van der Waals surface area (Å²) in [5, 5.41) is 4.33. The predicted octanol–water partition coefficient (Wildman–Crippen LogP) is 3.92. The number of nitrogens with one attached hydrogen (secondary N) is 2. The molecule has 0 amide bonds. The molecule has 9 nitrogen and oxygen atoms in total. The summed E-state index contributed by atoms with van der Waals surface area (Å²) in [6.07, 6.45) is 5.35. The molecule has 4 heterocycles. The zero-order chi connectivity index (χ0) is 23.0. The molecule has 0 saturated carbocycles. The number of nitrogens with zero attached hydrogens (tertiary/aromatic N) is 4. The maximum Gasteiger partial charge on any atom is 0.231 e. The fraction of sp³-hybridized carbons (Fsp3) is 0.348. The van der Waals surface area contributed by atoms with Gasteiger partial charge in [0.2, 0.25) is 6.79 Å². The minimum absolute atomic E-state index is 0.207. The molecule has 0 spiro atoms. The van der Waals surface area contributed by atoms with E-state index in [0.29, 0.717) is 17.9 Å². The SMILES string of the molecule is CC(C)(C)CNCCn1c(Sc2cc3c(cc2-c2cc[nH]c2)OCO3)nc2c(N)ncnc21. The summed E-state index contributed by atoms with van der Waals surface area (Å²) in [5.74, 6) is 1.84. The Labute approximate surface area is 196 Å². The number of aromatic nitrogens is 5. The number of H-pyrrole nitrogens is 1. The van der Waals surface area contributed by atoms with Gasteiger partial charge in [0.05, 0.1) is 0 Å². The van der Waals surface area contributed by atoms with Crippen LogP contribution < -0.4 is 20.5 Å². The first kappa shape index (κ1) is 21.6. The molecule has 1 aliphatic heterocycles. The number of fused-ring (bicyclic) bond motifs is 2. The Morgan fingerprint density at radius 2 is 2.03 bits per heavy atom. The fourth-order valence-corrected chi connectivity index (χ4v) is 4.77. The van der Waals surface area contributed by atoms with Gasteiger partial charge < -0.3 is 30.1 Å². The molecule has 5 rings (SSSR count). The number of imidazole rings is 1. The molecule has 0 atom stereocenters. The molecular weight excluding hydrogens is 438 g/mol. The first-order chi connectivity index (χ1) is 15.9. The van der Waals surface area contributed by atoms with E-state index in [9.17, 15) is 0 Å². The molecule has 4 aromatic rings. The van der Waals surface area contributed by atoms with Gasteiger partial charge >= 0.3 is 0 Å². The van der Waals surface area contributed by atoms with Crippen molar-refractivity contribution < 1.29 is 9.47 Å². The van der Waals surface area contributed by atoms with E-state index in [2.05, 4.69) is 45.6 Å². The van der Waals surface area contributed by atoms with Crippen LogP contribution in [0.2, 0.25) is 0 Å². The van der Waals surface area contributed by atoms with Gasteiger partial charge in [-0.3, -0.25) is 0 Å². The van der Waals surface area contributed by atoms with E-state index in [0.717, 1.165) is 51.4 Å². The Morgan fingerprint density at radius 1 is 1.21 bits per heavy atom. The predicted molar refractivity (Wildman–Crippen MR) is 129 cm³/mol. The monoisotopic (exact) mass is 465 g/mol. The number of benzene rings is 1. The van der Waals surface area contributed by atoms with E-state index in [1.54, 1.807) is 11.8 Å². The molecule has 4 N–H and O–H groups in total. The largest absolute Gasteiger partial charge is 0.454 e. The van der Waals surface area contributed by atoms with Crippen LogP contribution in [0.3, 0.4) is 0 Å². The van der Waals surface area contributed by atoms with E-state index in [1.807, 2.05) is 30.6 Å². The molecule has 1 aromatic carbocycles. The molecule has 3 aromatic heterocycles. The van der Waals surface area contributed by atoms with Crippen molar-refractivity contribution in [2.45, 2.75) is 37.4 Å². The molecular formula is C23H27N7O2S. The molecule has 0 radical (unpaired) electrons. The molecule has 0 aliphatic carbocycles. The molecule has 1 aliphatic rings. The van der Waals surface area contributed by atoms with Crippen LogP contribution in [0.5, 0.6) is 11.5 Å². The molecule has 10 heteroatoms. The molecule has 33 heavy (non-hydrogen) atoms. The van der Waals surface area contributed by atoms with Crippen molar-refractivity contribution in [3.63, 3.8) is 0 Å². The van der Waals surface area contributed by atoms with E-state index >= 15 is 0 Å². The molecule has 0 saturated heterocycles. The molecule has 0 unspecified atom stereocenters. The lowest BCUT2D eigenvalue weighted by Gasteiger charge is -2.19. The highest BCUT2D eigenvalue weighted by Gasteiger charge is 2.22. The van der Waals surface area contributed by atoms with Gasteiger partial charge in [0.1, 0.15) is 6.33 Å². The first-order valence-electron chi connectivity index (χ1n) is 10.8. The summed E-state index contributed by atoms with van der Waals surface area (Å²) >= 11 is 1.55. The van der Waals surface area contributed by atoms with Gasteiger partial charge in [-0.05, 0) is 23.6 Å². The highest BCUT2D eigenvalue weighted by Crippen LogP contribution is 2.44. The Balaban J connectivity index is 1.52. The van der Waals surface area contributed by atoms with Crippen LogP contribution in [-0.2, 0) is 6.54 Å². The number of aromatic amines is 1. The fourth-order valence-electron chi connectivity index (χ4n) is 3.69. The standard InChI is InChI=1S/C23H27N7O2S/c1-23(2,3)11-26-6-7-30-21-19(20(24)27-12-28-21)29-22(30)33-18-9-17-16(31-13-32-17)8-15(18)14-4-5-25-10-14/h4-5,8-10,12,25-26H,6-7,11,13H2,1-3H3,(H2,24,27,28). The average molecular weight is 466 g/mol. The van der Waals surface area contributed by atoms with Gasteiger partial charge in [0.15, 0.2) is 33.6 Å². The number of anilines is 1. The molecule has 0 fully saturated rings. The van der Waals surface area contributed by atoms with Crippen molar-refractivity contribution in [3.8, 4) is 22.6 Å². The second-order valence-corrected chi connectivity index (χ2v) is 10.1. The third kappa shape index (κ3) is 4.49. The van der Waals surface area contributed by atoms with Crippen molar-refractivity contribution in [2.24, 2.45) is 5.41 Å². The number of rotatable bonds is 7. The van der Waals surface area contributed by atoms with Crippen LogP contribution in [0.1, 0.15) is 20.8 Å². The van der Waals surface area contributed by atoms with Crippen LogP contribution >= 0.6 is 11.8 Å². The third-order valence-electron chi connectivity index (χ3n) is 5.28. The Kier molecular flexibility index (Phi) is 5.63.